The van der Waals surface area contributed by atoms with Gasteiger partial charge in [0.15, 0.2) is 0 Å². The molecule has 2 aromatic carbocycles. The fraction of sp³-hybridized carbons (Fsp3) is 0.350. The molecule has 1 saturated heterocycles. The van der Waals surface area contributed by atoms with Gasteiger partial charge in [0.1, 0.15) is 18.6 Å². The van der Waals surface area contributed by atoms with Gasteiger partial charge in [-0.2, -0.15) is 0 Å². The van der Waals surface area contributed by atoms with Crippen LogP contribution >= 0.6 is 0 Å². The van der Waals surface area contributed by atoms with E-state index in [0.717, 1.165) is 16.9 Å². The Morgan fingerprint density at radius 3 is 2.72 bits per heavy atom. The molecular formula is C20H24N2O3. The van der Waals surface area contributed by atoms with Gasteiger partial charge < -0.3 is 20.1 Å². The van der Waals surface area contributed by atoms with Crippen LogP contribution < -0.4 is 15.4 Å². The summed E-state index contributed by atoms with van der Waals surface area (Å²) in [5, 5.41) is 6.24. The minimum atomic E-state index is -0.255. The van der Waals surface area contributed by atoms with Gasteiger partial charge >= 0.3 is 0 Å². The second kappa shape index (κ2) is 8.65. The fourth-order valence-electron chi connectivity index (χ4n) is 2.88. The number of nitrogens with one attached hydrogen (secondary N) is 2. The number of hydrogen-bond acceptors (Lipinski definition) is 4. The molecule has 5 heteroatoms. The van der Waals surface area contributed by atoms with E-state index < -0.39 is 0 Å². The number of ether oxygens (including phenoxy) is 2. The fourth-order valence-corrected chi connectivity index (χ4v) is 2.88. The summed E-state index contributed by atoms with van der Waals surface area (Å²) in [6, 6.07) is 18.1. The Kier molecular flexibility index (Phi) is 6.04. The maximum Gasteiger partial charge on any atom is 0.223 e. The summed E-state index contributed by atoms with van der Waals surface area (Å²) in [6.45, 7) is 3.71. The van der Waals surface area contributed by atoms with Crippen molar-refractivity contribution in [3.8, 4) is 5.75 Å². The van der Waals surface area contributed by atoms with E-state index in [-0.39, 0.29) is 18.2 Å². The lowest BCUT2D eigenvalue weighted by Gasteiger charge is -2.20. The van der Waals surface area contributed by atoms with Crippen LogP contribution in [0.1, 0.15) is 24.5 Å². The zero-order chi connectivity index (χ0) is 17.5. The van der Waals surface area contributed by atoms with Crippen LogP contribution in [-0.2, 0) is 22.7 Å². The third-order valence-corrected chi connectivity index (χ3v) is 4.14. The van der Waals surface area contributed by atoms with Crippen LogP contribution in [0.3, 0.4) is 0 Å². The summed E-state index contributed by atoms with van der Waals surface area (Å²) < 4.78 is 11.4. The molecule has 2 atom stereocenters. The van der Waals surface area contributed by atoms with Gasteiger partial charge in [0.05, 0.1) is 6.04 Å². The van der Waals surface area contributed by atoms with Crippen LogP contribution in [0, 0.1) is 0 Å². The number of benzene rings is 2. The van der Waals surface area contributed by atoms with Crippen molar-refractivity contribution < 1.29 is 14.3 Å². The molecule has 25 heavy (non-hydrogen) atoms. The summed E-state index contributed by atoms with van der Waals surface area (Å²) in [6.07, 6.45) is 0.185. The molecule has 0 saturated carbocycles. The molecule has 0 bridgehead atoms. The maximum atomic E-state index is 11.6. The smallest absolute Gasteiger partial charge is 0.223 e. The first-order valence-electron chi connectivity index (χ1n) is 8.64. The van der Waals surface area contributed by atoms with E-state index in [4.69, 9.17) is 9.47 Å². The zero-order valence-corrected chi connectivity index (χ0v) is 14.4. The van der Waals surface area contributed by atoms with E-state index in [1.807, 2.05) is 61.5 Å². The van der Waals surface area contributed by atoms with Crippen LogP contribution in [0.4, 0.5) is 0 Å². The Bertz CT molecular complexity index is 690. The number of carbonyl (C=O) groups excluding carboxylic acids is 1. The van der Waals surface area contributed by atoms with E-state index in [1.54, 1.807) is 0 Å². The molecule has 1 fully saturated rings. The van der Waals surface area contributed by atoms with Crippen molar-refractivity contribution >= 4 is 5.91 Å². The first-order valence-corrected chi connectivity index (χ1v) is 8.64. The monoisotopic (exact) mass is 340 g/mol. The highest BCUT2D eigenvalue weighted by atomic mass is 16.5. The molecule has 1 amide bonds. The molecule has 2 unspecified atom stereocenters. The highest BCUT2D eigenvalue weighted by Gasteiger charge is 2.32. The largest absolute Gasteiger partial charge is 0.489 e. The van der Waals surface area contributed by atoms with Gasteiger partial charge in [-0.25, -0.2) is 0 Å². The third-order valence-electron chi connectivity index (χ3n) is 4.14. The molecule has 2 N–H and O–H groups in total. The quantitative estimate of drug-likeness (QED) is 0.775. The van der Waals surface area contributed by atoms with Gasteiger partial charge in [-0.1, -0.05) is 42.5 Å². The Morgan fingerprint density at radius 2 is 1.92 bits per heavy atom. The molecule has 1 heterocycles. The van der Waals surface area contributed by atoms with Crippen molar-refractivity contribution in [1.29, 1.82) is 0 Å². The topological polar surface area (TPSA) is 59.6 Å². The third kappa shape index (κ3) is 5.05. The molecule has 0 aliphatic carbocycles. The standard InChI is InChI=1S/C20H24N2O3/c1-2-24-20-18(12-19(23)22-20)21-13-16-9-6-10-17(11-16)25-14-15-7-4-3-5-8-15/h3-11,18,20-21H,2,12-14H2,1H3,(H,22,23). The lowest BCUT2D eigenvalue weighted by atomic mass is 10.1. The van der Waals surface area contributed by atoms with Crippen molar-refractivity contribution in [3.05, 3.63) is 65.7 Å². The average molecular weight is 340 g/mol. The van der Waals surface area contributed by atoms with Gasteiger partial charge in [0.25, 0.3) is 0 Å². The first kappa shape index (κ1) is 17.5. The number of hydrogen-bond donors (Lipinski definition) is 2. The molecule has 0 aromatic heterocycles. The SMILES string of the molecule is CCOC1NC(=O)CC1NCc1cccc(OCc2ccccc2)c1. The molecular weight excluding hydrogens is 316 g/mol. The van der Waals surface area contributed by atoms with Crippen molar-refractivity contribution in [1.82, 2.24) is 10.6 Å². The molecule has 132 valence electrons. The Hall–Kier alpha value is -2.37. The predicted octanol–water partition coefficient (Wildman–Crippen LogP) is 2.61. The second-order valence-electron chi connectivity index (χ2n) is 6.06. The highest BCUT2D eigenvalue weighted by Crippen LogP contribution is 2.16. The summed E-state index contributed by atoms with van der Waals surface area (Å²) >= 11 is 0. The normalized spacial score (nSPS) is 19.6. The van der Waals surface area contributed by atoms with Crippen molar-refractivity contribution in [2.75, 3.05) is 6.61 Å². The van der Waals surface area contributed by atoms with Gasteiger partial charge in [-0.15, -0.1) is 0 Å². The Balaban J connectivity index is 1.53. The van der Waals surface area contributed by atoms with E-state index >= 15 is 0 Å². The van der Waals surface area contributed by atoms with Crippen molar-refractivity contribution in [2.45, 2.75) is 38.8 Å². The minimum Gasteiger partial charge on any atom is -0.489 e. The van der Waals surface area contributed by atoms with Crippen LogP contribution in [-0.4, -0.2) is 24.8 Å². The maximum absolute atomic E-state index is 11.6. The van der Waals surface area contributed by atoms with E-state index in [2.05, 4.69) is 10.6 Å². The lowest BCUT2D eigenvalue weighted by Crippen LogP contribution is -2.42. The first-order chi connectivity index (χ1) is 12.2. The number of amides is 1. The van der Waals surface area contributed by atoms with Crippen molar-refractivity contribution in [2.24, 2.45) is 0 Å². The summed E-state index contributed by atoms with van der Waals surface area (Å²) in [5.41, 5.74) is 2.25. The molecule has 0 spiro atoms. The van der Waals surface area contributed by atoms with Gasteiger partial charge in [-0.05, 0) is 30.2 Å². The van der Waals surface area contributed by atoms with Gasteiger partial charge in [-0.3, -0.25) is 4.79 Å². The van der Waals surface area contributed by atoms with Crippen molar-refractivity contribution in [3.63, 3.8) is 0 Å². The summed E-state index contributed by atoms with van der Waals surface area (Å²) in [5.74, 6) is 0.862. The molecule has 5 nitrogen and oxygen atoms in total. The van der Waals surface area contributed by atoms with Gasteiger partial charge in [0, 0.05) is 19.6 Å². The molecule has 3 rings (SSSR count). The second-order valence-corrected chi connectivity index (χ2v) is 6.06. The van der Waals surface area contributed by atoms with Crippen LogP contribution in [0.25, 0.3) is 0 Å². The molecule has 2 aromatic rings. The predicted molar refractivity (Wildman–Crippen MR) is 96.0 cm³/mol. The Labute approximate surface area is 148 Å². The highest BCUT2D eigenvalue weighted by molar-refractivity contribution is 5.79. The van der Waals surface area contributed by atoms with Gasteiger partial charge in [0.2, 0.25) is 5.91 Å². The van der Waals surface area contributed by atoms with E-state index in [0.29, 0.717) is 26.2 Å². The number of rotatable bonds is 8. The average Bonchev–Trinajstić information content (AvgIpc) is 2.99. The van der Waals surface area contributed by atoms with E-state index in [9.17, 15) is 4.79 Å². The minimum absolute atomic E-state index is 0.0126. The summed E-state index contributed by atoms with van der Waals surface area (Å²) in [7, 11) is 0. The van der Waals surface area contributed by atoms with Crippen LogP contribution in [0.5, 0.6) is 5.75 Å². The molecule has 0 radical (unpaired) electrons. The zero-order valence-electron chi connectivity index (χ0n) is 14.4. The van der Waals surface area contributed by atoms with Crippen LogP contribution in [0.15, 0.2) is 54.6 Å². The Morgan fingerprint density at radius 1 is 1.12 bits per heavy atom. The lowest BCUT2D eigenvalue weighted by molar-refractivity contribution is -0.120. The molecule has 1 aliphatic rings. The number of carbonyl (C=O) groups is 1. The van der Waals surface area contributed by atoms with E-state index in [1.165, 1.54) is 0 Å². The summed E-state index contributed by atoms with van der Waals surface area (Å²) in [4.78, 5) is 11.6. The van der Waals surface area contributed by atoms with Crippen LogP contribution in [0.2, 0.25) is 0 Å². The molecule has 1 aliphatic heterocycles.